The molecule has 1 aromatic carbocycles. The van der Waals surface area contributed by atoms with E-state index < -0.39 is 0 Å². The second-order valence-corrected chi connectivity index (χ2v) is 5.15. The molecule has 1 heterocycles. The molecule has 17 heavy (non-hydrogen) atoms. The van der Waals surface area contributed by atoms with Gasteiger partial charge in [0.05, 0.1) is 0 Å². The monoisotopic (exact) mass is 233 g/mol. The van der Waals surface area contributed by atoms with Crippen LogP contribution in [0.15, 0.2) is 24.3 Å². The Balaban J connectivity index is 1.88. The molecule has 0 saturated carbocycles. The van der Waals surface area contributed by atoms with Crippen LogP contribution in [-0.2, 0) is 6.54 Å². The molecule has 1 unspecified atom stereocenters. The fourth-order valence-corrected chi connectivity index (χ4v) is 2.65. The molecule has 1 aliphatic heterocycles. The Kier molecular flexibility index (Phi) is 4.43. The summed E-state index contributed by atoms with van der Waals surface area (Å²) in [5, 5.41) is 9.26. The quantitative estimate of drug-likeness (QED) is 0.865. The van der Waals surface area contributed by atoms with Crippen LogP contribution in [0.5, 0.6) is 5.75 Å². The lowest BCUT2D eigenvalue weighted by Crippen LogP contribution is -2.24. The van der Waals surface area contributed by atoms with Gasteiger partial charge < -0.3 is 5.11 Å². The predicted octanol–water partition coefficient (Wildman–Crippen LogP) is 3.40. The Morgan fingerprint density at radius 1 is 1.18 bits per heavy atom. The van der Waals surface area contributed by atoms with Gasteiger partial charge in [-0.05, 0) is 56.0 Å². The first-order valence-electron chi connectivity index (χ1n) is 6.78. The number of aromatic hydroxyl groups is 1. The largest absolute Gasteiger partial charge is 0.508 e. The minimum Gasteiger partial charge on any atom is -0.508 e. The van der Waals surface area contributed by atoms with Gasteiger partial charge in [-0.15, -0.1) is 0 Å². The maximum Gasteiger partial charge on any atom is 0.115 e. The third-order valence-electron chi connectivity index (χ3n) is 3.86. The Hall–Kier alpha value is -1.02. The van der Waals surface area contributed by atoms with Crippen molar-refractivity contribution in [1.82, 2.24) is 4.90 Å². The van der Waals surface area contributed by atoms with Crippen molar-refractivity contribution in [3.05, 3.63) is 29.8 Å². The average Bonchev–Trinajstić information content (AvgIpc) is 2.57. The summed E-state index contributed by atoms with van der Waals surface area (Å²) in [7, 11) is 0. The SMILES string of the molecule is CCC1CCCN(Cc2ccc(O)cc2)CC1. The number of likely N-dealkylation sites (tertiary alicyclic amines) is 1. The van der Waals surface area contributed by atoms with Crippen LogP contribution < -0.4 is 0 Å². The molecule has 0 spiro atoms. The lowest BCUT2D eigenvalue weighted by atomic mass is 9.98. The lowest BCUT2D eigenvalue weighted by Gasteiger charge is -2.20. The molecule has 0 aromatic heterocycles. The molecular formula is C15H23NO. The summed E-state index contributed by atoms with van der Waals surface area (Å²) in [6.07, 6.45) is 5.39. The van der Waals surface area contributed by atoms with Crippen molar-refractivity contribution in [2.24, 2.45) is 5.92 Å². The highest BCUT2D eigenvalue weighted by molar-refractivity contribution is 5.25. The number of hydrogen-bond donors (Lipinski definition) is 1. The van der Waals surface area contributed by atoms with Crippen LogP contribution in [0.1, 0.15) is 38.2 Å². The molecule has 1 atom stereocenters. The van der Waals surface area contributed by atoms with Crippen molar-refractivity contribution < 1.29 is 5.11 Å². The van der Waals surface area contributed by atoms with Crippen molar-refractivity contribution in [1.29, 1.82) is 0 Å². The Morgan fingerprint density at radius 3 is 2.65 bits per heavy atom. The van der Waals surface area contributed by atoms with Crippen molar-refractivity contribution in [3.63, 3.8) is 0 Å². The van der Waals surface area contributed by atoms with Crippen LogP contribution in [0, 0.1) is 5.92 Å². The standard InChI is InChI=1S/C15H23NO/c1-2-13-4-3-10-16(11-9-13)12-14-5-7-15(17)8-6-14/h5-8,13,17H,2-4,9-12H2,1H3. The number of rotatable bonds is 3. The molecule has 1 aromatic rings. The maximum atomic E-state index is 9.26. The Bertz CT molecular complexity index is 333. The van der Waals surface area contributed by atoms with E-state index in [4.69, 9.17) is 0 Å². The number of phenols is 1. The lowest BCUT2D eigenvalue weighted by molar-refractivity contribution is 0.272. The molecule has 1 fully saturated rings. The number of hydrogen-bond acceptors (Lipinski definition) is 2. The molecule has 0 bridgehead atoms. The summed E-state index contributed by atoms with van der Waals surface area (Å²) in [6, 6.07) is 7.61. The molecular weight excluding hydrogens is 210 g/mol. The Morgan fingerprint density at radius 2 is 1.94 bits per heavy atom. The summed E-state index contributed by atoms with van der Waals surface area (Å²) in [5.74, 6) is 1.29. The molecule has 1 N–H and O–H groups in total. The molecule has 2 rings (SSSR count). The molecule has 94 valence electrons. The van der Waals surface area contributed by atoms with E-state index in [1.54, 1.807) is 12.1 Å². The summed E-state index contributed by atoms with van der Waals surface area (Å²) >= 11 is 0. The highest BCUT2D eigenvalue weighted by Gasteiger charge is 2.15. The second-order valence-electron chi connectivity index (χ2n) is 5.15. The Labute approximate surface area is 104 Å². The number of benzene rings is 1. The zero-order valence-corrected chi connectivity index (χ0v) is 10.7. The molecule has 1 aliphatic rings. The van der Waals surface area contributed by atoms with Gasteiger partial charge in [-0.3, -0.25) is 4.90 Å². The number of phenolic OH excluding ortho intramolecular Hbond substituents is 1. The van der Waals surface area contributed by atoms with E-state index in [-0.39, 0.29) is 0 Å². The van der Waals surface area contributed by atoms with Gasteiger partial charge in [-0.1, -0.05) is 25.5 Å². The van der Waals surface area contributed by atoms with E-state index >= 15 is 0 Å². The van der Waals surface area contributed by atoms with Gasteiger partial charge in [-0.2, -0.15) is 0 Å². The van der Waals surface area contributed by atoms with Crippen molar-refractivity contribution >= 4 is 0 Å². The number of nitrogens with zero attached hydrogens (tertiary/aromatic N) is 1. The van der Waals surface area contributed by atoms with Gasteiger partial charge in [0.25, 0.3) is 0 Å². The summed E-state index contributed by atoms with van der Waals surface area (Å²) in [5.41, 5.74) is 1.30. The molecule has 0 radical (unpaired) electrons. The van der Waals surface area contributed by atoms with Crippen molar-refractivity contribution in [3.8, 4) is 5.75 Å². The first-order valence-corrected chi connectivity index (χ1v) is 6.78. The normalized spacial score (nSPS) is 22.3. The van der Waals surface area contributed by atoms with Gasteiger partial charge in [0, 0.05) is 6.54 Å². The van der Waals surface area contributed by atoms with E-state index in [0.29, 0.717) is 5.75 Å². The third-order valence-corrected chi connectivity index (χ3v) is 3.86. The van der Waals surface area contributed by atoms with Crippen LogP contribution in [0.25, 0.3) is 0 Å². The van der Waals surface area contributed by atoms with E-state index in [2.05, 4.69) is 11.8 Å². The zero-order valence-electron chi connectivity index (χ0n) is 10.7. The molecule has 2 nitrogen and oxygen atoms in total. The molecule has 2 heteroatoms. The summed E-state index contributed by atoms with van der Waals surface area (Å²) in [6.45, 7) is 5.77. The minimum atomic E-state index is 0.357. The first kappa shape index (κ1) is 12.4. The first-order chi connectivity index (χ1) is 8.28. The van der Waals surface area contributed by atoms with Crippen LogP contribution in [0.2, 0.25) is 0 Å². The average molecular weight is 233 g/mol. The van der Waals surface area contributed by atoms with Gasteiger partial charge in [0.1, 0.15) is 5.75 Å². The fraction of sp³-hybridized carbons (Fsp3) is 0.600. The van der Waals surface area contributed by atoms with E-state index in [0.717, 1.165) is 12.5 Å². The zero-order chi connectivity index (χ0) is 12.1. The van der Waals surface area contributed by atoms with Gasteiger partial charge >= 0.3 is 0 Å². The molecule has 0 aliphatic carbocycles. The molecule has 1 saturated heterocycles. The smallest absolute Gasteiger partial charge is 0.115 e. The van der Waals surface area contributed by atoms with Crippen LogP contribution in [0.3, 0.4) is 0 Å². The summed E-state index contributed by atoms with van der Waals surface area (Å²) in [4.78, 5) is 2.54. The minimum absolute atomic E-state index is 0.357. The summed E-state index contributed by atoms with van der Waals surface area (Å²) < 4.78 is 0. The van der Waals surface area contributed by atoms with E-state index in [1.807, 2.05) is 12.1 Å². The van der Waals surface area contributed by atoms with E-state index in [1.165, 1.54) is 44.3 Å². The second kappa shape index (κ2) is 6.06. The highest BCUT2D eigenvalue weighted by Crippen LogP contribution is 2.21. The van der Waals surface area contributed by atoms with Gasteiger partial charge in [0.15, 0.2) is 0 Å². The third kappa shape index (κ3) is 3.74. The topological polar surface area (TPSA) is 23.5 Å². The van der Waals surface area contributed by atoms with Crippen LogP contribution in [-0.4, -0.2) is 23.1 Å². The van der Waals surface area contributed by atoms with Crippen LogP contribution in [0.4, 0.5) is 0 Å². The van der Waals surface area contributed by atoms with Crippen LogP contribution >= 0.6 is 0 Å². The van der Waals surface area contributed by atoms with Crippen molar-refractivity contribution in [2.75, 3.05) is 13.1 Å². The maximum absolute atomic E-state index is 9.26. The van der Waals surface area contributed by atoms with Gasteiger partial charge in [-0.25, -0.2) is 0 Å². The van der Waals surface area contributed by atoms with Crippen molar-refractivity contribution in [2.45, 2.75) is 39.2 Å². The fourth-order valence-electron chi connectivity index (χ4n) is 2.65. The van der Waals surface area contributed by atoms with Gasteiger partial charge in [0.2, 0.25) is 0 Å². The predicted molar refractivity (Wildman–Crippen MR) is 71.0 cm³/mol. The highest BCUT2D eigenvalue weighted by atomic mass is 16.3. The molecule has 0 amide bonds. The van der Waals surface area contributed by atoms with E-state index in [9.17, 15) is 5.11 Å².